The molecule has 0 bridgehead atoms. The number of hydrogen-bond acceptors (Lipinski definition) is 3. The Balaban J connectivity index is 0. The van der Waals surface area contributed by atoms with Crippen molar-refractivity contribution in [3.63, 3.8) is 0 Å². The molecule has 294 valence electrons. The molecule has 4 nitrogen and oxygen atoms in total. The second-order valence-corrected chi connectivity index (χ2v) is 22.2. The lowest BCUT2D eigenvalue weighted by molar-refractivity contribution is -0.0000158. The quantitative estimate of drug-likeness (QED) is 0.0290. The third-order valence-corrected chi connectivity index (χ3v) is 12.5. The predicted octanol–water partition coefficient (Wildman–Crippen LogP) is 12.1. The van der Waals surface area contributed by atoms with Gasteiger partial charge in [-0.3, -0.25) is 9.05 Å². The molecule has 1 N–H and O–H groups in total. The predicted molar refractivity (Wildman–Crippen MR) is 221 cm³/mol. The summed E-state index contributed by atoms with van der Waals surface area (Å²) in [7, 11) is -4.06. The fourth-order valence-corrected chi connectivity index (χ4v) is 8.50. The summed E-state index contributed by atoms with van der Waals surface area (Å²) in [5, 5.41) is 3.19. The molecule has 0 saturated carbocycles. The molecule has 0 aliphatic heterocycles. The van der Waals surface area contributed by atoms with Gasteiger partial charge >= 0.3 is 7.75 Å². The highest BCUT2D eigenvalue weighted by Gasteiger charge is 2.25. The molecule has 49 heavy (non-hydrogen) atoms. The number of hydrogen-bond donors (Lipinski definition) is 1. The summed E-state index contributed by atoms with van der Waals surface area (Å²) >= 11 is 0. The topological polar surface area (TPSA) is 47.6 Å². The minimum absolute atomic E-state index is 0. The van der Waals surface area contributed by atoms with Crippen LogP contribution in [-0.2, 0) is 13.6 Å². The van der Waals surface area contributed by atoms with Crippen LogP contribution >= 0.6 is 15.0 Å². The molecule has 0 amide bonds. The van der Waals surface area contributed by atoms with Crippen LogP contribution in [0.2, 0.25) is 0 Å². The summed E-state index contributed by atoms with van der Waals surface area (Å²) in [4.78, 5) is 0. The van der Waals surface area contributed by atoms with E-state index in [1.54, 1.807) is 0 Å². The van der Waals surface area contributed by atoms with Gasteiger partial charge in [0.2, 0.25) is 0 Å². The summed E-state index contributed by atoms with van der Waals surface area (Å²) in [6.07, 6.45) is 47.7. The van der Waals surface area contributed by atoms with Crippen LogP contribution in [0.5, 0.6) is 0 Å². The zero-order chi connectivity index (χ0) is 35.3. The van der Waals surface area contributed by atoms with Gasteiger partial charge < -0.3 is 24.0 Å². The van der Waals surface area contributed by atoms with Crippen LogP contribution < -0.4 is 29.1 Å². The summed E-state index contributed by atoms with van der Waals surface area (Å²) in [6, 6.07) is 0. The Morgan fingerprint density at radius 1 is 0.469 bits per heavy atom. The van der Waals surface area contributed by atoms with E-state index in [1.165, 1.54) is 160 Å². The monoisotopic (exact) mass is 842 g/mol. The van der Waals surface area contributed by atoms with Gasteiger partial charge in [-0.25, -0.2) is 9.65 Å². The summed E-state index contributed by atoms with van der Waals surface area (Å²) in [5.41, 5.74) is 0. The van der Waals surface area contributed by atoms with E-state index in [1.807, 2.05) is 0 Å². The highest BCUT2D eigenvalue weighted by molar-refractivity contribution is 7.73. The number of nitrogens with one attached hydrogen (secondary N) is 1. The molecule has 0 unspecified atom stereocenters. The van der Waals surface area contributed by atoms with Crippen molar-refractivity contribution in [2.45, 2.75) is 200 Å². The molecule has 0 heterocycles. The Labute approximate surface area is 326 Å². The molecule has 0 aromatic carbocycles. The second kappa shape index (κ2) is 39.9. The number of unbranched alkanes of at least 4 members (excludes halogenated alkanes) is 24. The highest BCUT2D eigenvalue weighted by atomic mass is 127. The largest absolute Gasteiger partial charge is 1.00 e. The minimum Gasteiger partial charge on any atom is -1.00 e. The van der Waals surface area contributed by atoms with Gasteiger partial charge in [0.1, 0.15) is 0 Å². The smallest absolute Gasteiger partial charge is 0.405 e. The van der Waals surface area contributed by atoms with Crippen molar-refractivity contribution in [1.29, 1.82) is 0 Å². The molecule has 0 aromatic rings. The van der Waals surface area contributed by atoms with Gasteiger partial charge in [0.15, 0.2) is 0 Å². The van der Waals surface area contributed by atoms with Gasteiger partial charge in [0.05, 0.1) is 19.4 Å². The van der Waals surface area contributed by atoms with E-state index >= 15 is 0 Å². The Morgan fingerprint density at radius 3 is 1.10 bits per heavy atom. The van der Waals surface area contributed by atoms with Crippen molar-refractivity contribution in [2.75, 3.05) is 45.9 Å². The van der Waals surface area contributed by atoms with Crippen molar-refractivity contribution in [2.24, 2.45) is 0 Å². The highest BCUT2D eigenvalue weighted by Crippen LogP contribution is 2.48. The van der Waals surface area contributed by atoms with Crippen molar-refractivity contribution in [1.82, 2.24) is 5.09 Å². The van der Waals surface area contributed by atoms with Crippen molar-refractivity contribution in [3.8, 4) is 0 Å². The average Bonchev–Trinajstić information content (AvgIpc) is 3.05. The molecular formula is C42H86INO3P2. The molecular weight excluding hydrogens is 755 g/mol. The standard InChI is InChI=1S/C42H86NO3P2.HI/c1-6-8-10-12-14-16-18-20-22-24-26-28-30-32-34-36-40-45-48(44,43-39-38-42-47(3,4)5)46-41-37-35-33-31-29-27-25-23-21-19-17-15-13-11-9-7-2;/h20-23H,6-19,24-42H2,1-5H3,(H,43,44);1H/q+1;/p-1/b22-20+,23-21+;. The molecule has 0 aromatic heterocycles. The number of rotatable bonds is 39. The molecule has 0 spiro atoms. The summed E-state index contributed by atoms with van der Waals surface area (Å²) in [5.74, 6) is 0. The lowest BCUT2D eigenvalue weighted by atomic mass is 10.1. The first-order valence-corrected chi connectivity index (χ1v) is 25.9. The SMILES string of the molecule is CCCCCCCC/C=C/CCCCCCCCOP(=O)(NCCC[P+](C)(C)C)OCCCCCCCC/C=C/CCCCCCCC.[I-]. The molecule has 0 rings (SSSR count). The van der Waals surface area contributed by atoms with E-state index in [4.69, 9.17) is 9.05 Å². The molecule has 7 heteroatoms. The van der Waals surface area contributed by atoms with Crippen LogP contribution in [0.3, 0.4) is 0 Å². The van der Waals surface area contributed by atoms with Gasteiger partial charge in [-0.1, -0.05) is 154 Å². The summed E-state index contributed by atoms with van der Waals surface area (Å²) < 4.78 is 25.4. The van der Waals surface area contributed by atoms with E-state index in [2.05, 4.69) is 63.2 Å². The van der Waals surface area contributed by atoms with Crippen molar-refractivity contribution >= 4 is 15.0 Å². The van der Waals surface area contributed by atoms with Gasteiger partial charge in [-0.05, 0) is 70.6 Å². The van der Waals surface area contributed by atoms with Gasteiger partial charge in [-0.15, -0.1) is 0 Å². The zero-order valence-electron chi connectivity index (χ0n) is 33.6. The molecule has 0 fully saturated rings. The van der Waals surface area contributed by atoms with Gasteiger partial charge in [0, 0.05) is 33.8 Å². The van der Waals surface area contributed by atoms with Crippen molar-refractivity contribution < 1.29 is 37.6 Å². The maximum absolute atomic E-state index is 13.5. The van der Waals surface area contributed by atoms with E-state index in [9.17, 15) is 4.57 Å². The zero-order valence-corrected chi connectivity index (χ0v) is 37.6. The molecule has 0 atom stereocenters. The van der Waals surface area contributed by atoms with Crippen LogP contribution in [0.25, 0.3) is 0 Å². The lowest BCUT2D eigenvalue weighted by Gasteiger charge is -2.20. The first kappa shape index (κ1) is 51.9. The van der Waals surface area contributed by atoms with Gasteiger partial charge in [0.25, 0.3) is 0 Å². The fraction of sp³-hybridized carbons (Fsp3) is 0.905. The van der Waals surface area contributed by atoms with Crippen LogP contribution in [0, 0.1) is 0 Å². The van der Waals surface area contributed by atoms with Crippen LogP contribution in [0.15, 0.2) is 24.3 Å². The van der Waals surface area contributed by atoms with Crippen LogP contribution in [0.4, 0.5) is 0 Å². The first-order valence-electron chi connectivity index (χ1n) is 21.1. The minimum atomic E-state index is -3.23. The van der Waals surface area contributed by atoms with E-state index in [0.717, 1.165) is 32.1 Å². The van der Waals surface area contributed by atoms with Crippen LogP contribution in [0.1, 0.15) is 200 Å². The second-order valence-electron chi connectivity index (χ2n) is 15.3. The average molecular weight is 842 g/mol. The van der Waals surface area contributed by atoms with E-state index in [-0.39, 0.29) is 24.0 Å². The fourth-order valence-electron chi connectivity index (χ4n) is 5.97. The van der Waals surface area contributed by atoms with Crippen molar-refractivity contribution in [3.05, 3.63) is 24.3 Å². The Kier molecular flexibility index (Phi) is 42.3. The maximum atomic E-state index is 13.5. The Morgan fingerprint density at radius 2 is 0.776 bits per heavy atom. The number of allylic oxidation sites excluding steroid dienone is 4. The maximum Gasteiger partial charge on any atom is 0.405 e. The number of halogens is 1. The normalized spacial score (nSPS) is 12.4. The third-order valence-electron chi connectivity index (χ3n) is 9.15. The molecule has 0 radical (unpaired) electrons. The van der Waals surface area contributed by atoms with Crippen LogP contribution in [-0.4, -0.2) is 45.9 Å². The van der Waals surface area contributed by atoms with E-state index < -0.39 is 15.0 Å². The molecule has 0 aliphatic carbocycles. The lowest BCUT2D eigenvalue weighted by Crippen LogP contribution is -3.00. The van der Waals surface area contributed by atoms with E-state index in [0.29, 0.717) is 19.8 Å². The third kappa shape index (κ3) is 43.0. The summed E-state index contributed by atoms with van der Waals surface area (Å²) in [6.45, 7) is 13.4. The first-order chi connectivity index (χ1) is 23.3. The Bertz CT molecular complexity index is 709. The van der Waals surface area contributed by atoms with Gasteiger partial charge in [-0.2, -0.15) is 0 Å². The molecule has 0 aliphatic rings. The molecule has 0 saturated heterocycles. The Hall–Kier alpha value is 0.750.